The highest BCUT2D eigenvalue weighted by molar-refractivity contribution is 5.09. The minimum absolute atomic E-state index is 0.0669. The van der Waals surface area contributed by atoms with Crippen molar-refractivity contribution >= 4 is 0 Å². The highest BCUT2D eigenvalue weighted by Crippen LogP contribution is 2.27. The summed E-state index contributed by atoms with van der Waals surface area (Å²) in [6, 6.07) is 0. The summed E-state index contributed by atoms with van der Waals surface area (Å²) in [6.07, 6.45) is 8.19. The Kier molecular flexibility index (Phi) is 3.01. The van der Waals surface area contributed by atoms with Crippen molar-refractivity contribution in [2.75, 3.05) is 13.1 Å². The quantitative estimate of drug-likeness (QED) is 0.632. The van der Waals surface area contributed by atoms with Crippen LogP contribution in [0.1, 0.15) is 32.1 Å². The van der Waals surface area contributed by atoms with Crippen LogP contribution < -0.4 is 5.32 Å². The molecule has 2 heteroatoms. The van der Waals surface area contributed by atoms with E-state index < -0.39 is 0 Å². The summed E-state index contributed by atoms with van der Waals surface area (Å²) in [5, 5.41) is 13.1. The molecular formula is C11H19NO. The van der Waals surface area contributed by atoms with E-state index in [0.29, 0.717) is 5.92 Å². The van der Waals surface area contributed by atoms with Crippen molar-refractivity contribution in [3.8, 4) is 0 Å². The van der Waals surface area contributed by atoms with Crippen molar-refractivity contribution in [3.05, 3.63) is 11.6 Å². The molecule has 74 valence electrons. The van der Waals surface area contributed by atoms with Gasteiger partial charge in [0.2, 0.25) is 0 Å². The lowest BCUT2D eigenvalue weighted by Gasteiger charge is -2.28. The number of aliphatic hydroxyl groups is 1. The van der Waals surface area contributed by atoms with E-state index in [-0.39, 0.29) is 6.10 Å². The van der Waals surface area contributed by atoms with Crippen LogP contribution in [0.15, 0.2) is 11.6 Å². The molecular weight excluding hydrogens is 162 g/mol. The van der Waals surface area contributed by atoms with Crippen LogP contribution in [0, 0.1) is 5.92 Å². The van der Waals surface area contributed by atoms with Gasteiger partial charge >= 0.3 is 0 Å². The van der Waals surface area contributed by atoms with Gasteiger partial charge in [-0.15, -0.1) is 0 Å². The SMILES string of the molecule is OC1CCNCC1CC1=CCCC1. The smallest absolute Gasteiger partial charge is 0.0595 e. The van der Waals surface area contributed by atoms with Gasteiger partial charge in [0, 0.05) is 12.5 Å². The van der Waals surface area contributed by atoms with Crippen LogP contribution in [-0.2, 0) is 0 Å². The zero-order chi connectivity index (χ0) is 9.10. The first-order chi connectivity index (χ1) is 6.36. The zero-order valence-corrected chi connectivity index (χ0v) is 8.13. The summed E-state index contributed by atoms with van der Waals surface area (Å²) >= 11 is 0. The second kappa shape index (κ2) is 4.25. The van der Waals surface area contributed by atoms with Gasteiger partial charge in [-0.3, -0.25) is 0 Å². The monoisotopic (exact) mass is 181 g/mol. The van der Waals surface area contributed by atoms with E-state index in [1.165, 1.54) is 19.3 Å². The van der Waals surface area contributed by atoms with Crippen LogP contribution >= 0.6 is 0 Å². The second-order valence-electron chi connectivity index (χ2n) is 4.28. The molecule has 2 rings (SSSR count). The van der Waals surface area contributed by atoms with Crippen molar-refractivity contribution in [2.45, 2.75) is 38.2 Å². The van der Waals surface area contributed by atoms with Crippen molar-refractivity contribution < 1.29 is 5.11 Å². The maximum Gasteiger partial charge on any atom is 0.0595 e. The molecule has 1 fully saturated rings. The molecule has 2 aliphatic rings. The lowest BCUT2D eigenvalue weighted by atomic mass is 9.89. The van der Waals surface area contributed by atoms with Crippen LogP contribution in [0.4, 0.5) is 0 Å². The highest BCUT2D eigenvalue weighted by atomic mass is 16.3. The largest absolute Gasteiger partial charge is 0.393 e. The maximum absolute atomic E-state index is 9.76. The Balaban J connectivity index is 1.85. The van der Waals surface area contributed by atoms with Gasteiger partial charge in [-0.25, -0.2) is 0 Å². The lowest BCUT2D eigenvalue weighted by molar-refractivity contribution is 0.0789. The van der Waals surface area contributed by atoms with E-state index in [1.54, 1.807) is 5.57 Å². The Bertz CT molecular complexity index is 200. The number of rotatable bonds is 2. The Morgan fingerprint density at radius 2 is 2.46 bits per heavy atom. The topological polar surface area (TPSA) is 32.3 Å². The first kappa shape index (κ1) is 9.22. The summed E-state index contributed by atoms with van der Waals surface area (Å²) in [6.45, 7) is 1.98. The number of piperidine rings is 1. The third-order valence-electron chi connectivity index (χ3n) is 3.23. The molecule has 0 aromatic carbocycles. The molecule has 0 aromatic rings. The molecule has 0 amide bonds. The van der Waals surface area contributed by atoms with Crippen LogP contribution in [-0.4, -0.2) is 24.3 Å². The Morgan fingerprint density at radius 1 is 1.54 bits per heavy atom. The maximum atomic E-state index is 9.76. The molecule has 0 spiro atoms. The molecule has 1 heterocycles. The van der Waals surface area contributed by atoms with Gasteiger partial charge in [-0.1, -0.05) is 11.6 Å². The molecule has 1 aliphatic heterocycles. The van der Waals surface area contributed by atoms with E-state index >= 15 is 0 Å². The van der Waals surface area contributed by atoms with Gasteiger partial charge in [0.25, 0.3) is 0 Å². The molecule has 2 atom stereocenters. The second-order valence-corrected chi connectivity index (χ2v) is 4.28. The average Bonchev–Trinajstić information content (AvgIpc) is 2.61. The van der Waals surface area contributed by atoms with E-state index in [1.807, 2.05) is 0 Å². The van der Waals surface area contributed by atoms with E-state index in [4.69, 9.17) is 0 Å². The Hall–Kier alpha value is -0.340. The number of allylic oxidation sites excluding steroid dienone is 2. The predicted octanol–water partition coefficient (Wildman–Crippen LogP) is 1.46. The number of hydrogen-bond donors (Lipinski definition) is 2. The van der Waals surface area contributed by atoms with E-state index in [2.05, 4.69) is 11.4 Å². The zero-order valence-electron chi connectivity index (χ0n) is 8.13. The molecule has 0 aromatic heterocycles. The summed E-state index contributed by atoms with van der Waals surface area (Å²) in [7, 11) is 0. The van der Waals surface area contributed by atoms with Crippen LogP contribution in [0.2, 0.25) is 0 Å². The minimum Gasteiger partial charge on any atom is -0.393 e. The predicted molar refractivity (Wildman–Crippen MR) is 53.5 cm³/mol. The fraction of sp³-hybridized carbons (Fsp3) is 0.818. The van der Waals surface area contributed by atoms with Crippen molar-refractivity contribution in [1.29, 1.82) is 0 Å². The fourth-order valence-electron chi connectivity index (χ4n) is 2.38. The lowest BCUT2D eigenvalue weighted by Crippen LogP contribution is -2.39. The first-order valence-corrected chi connectivity index (χ1v) is 5.43. The van der Waals surface area contributed by atoms with E-state index in [9.17, 15) is 5.11 Å². The molecule has 1 aliphatic carbocycles. The van der Waals surface area contributed by atoms with Crippen molar-refractivity contribution in [1.82, 2.24) is 5.32 Å². The number of hydrogen-bond acceptors (Lipinski definition) is 2. The third kappa shape index (κ3) is 2.32. The number of nitrogens with one attached hydrogen (secondary N) is 1. The molecule has 0 bridgehead atoms. The molecule has 0 saturated carbocycles. The standard InChI is InChI=1S/C11H19NO/c13-11-5-6-12-8-10(11)7-9-3-1-2-4-9/h3,10-13H,1-2,4-8H2. The van der Waals surface area contributed by atoms with Gasteiger partial charge in [0.05, 0.1) is 6.10 Å². The summed E-state index contributed by atoms with van der Waals surface area (Å²) in [5.41, 5.74) is 1.58. The van der Waals surface area contributed by atoms with Crippen LogP contribution in [0.25, 0.3) is 0 Å². The van der Waals surface area contributed by atoms with Gasteiger partial charge in [0.15, 0.2) is 0 Å². The first-order valence-electron chi connectivity index (χ1n) is 5.43. The molecule has 2 unspecified atom stereocenters. The van der Waals surface area contributed by atoms with Crippen LogP contribution in [0.3, 0.4) is 0 Å². The summed E-state index contributed by atoms with van der Waals surface area (Å²) in [4.78, 5) is 0. The van der Waals surface area contributed by atoms with Crippen LogP contribution in [0.5, 0.6) is 0 Å². The Labute approximate surface area is 80.0 Å². The summed E-state index contributed by atoms with van der Waals surface area (Å²) < 4.78 is 0. The van der Waals surface area contributed by atoms with Gasteiger partial charge in [-0.2, -0.15) is 0 Å². The van der Waals surface area contributed by atoms with Gasteiger partial charge < -0.3 is 10.4 Å². The Morgan fingerprint density at radius 3 is 3.15 bits per heavy atom. The normalized spacial score (nSPS) is 34.7. The molecule has 2 N–H and O–H groups in total. The van der Waals surface area contributed by atoms with Crippen molar-refractivity contribution in [2.24, 2.45) is 5.92 Å². The molecule has 0 radical (unpaired) electrons. The third-order valence-corrected chi connectivity index (χ3v) is 3.23. The fourth-order valence-corrected chi connectivity index (χ4v) is 2.38. The highest BCUT2D eigenvalue weighted by Gasteiger charge is 2.23. The van der Waals surface area contributed by atoms with Gasteiger partial charge in [0.1, 0.15) is 0 Å². The molecule has 13 heavy (non-hydrogen) atoms. The van der Waals surface area contributed by atoms with Crippen molar-refractivity contribution in [3.63, 3.8) is 0 Å². The summed E-state index contributed by atoms with van der Waals surface area (Å²) in [5.74, 6) is 0.470. The van der Waals surface area contributed by atoms with Gasteiger partial charge in [-0.05, 0) is 38.6 Å². The molecule has 1 saturated heterocycles. The molecule has 2 nitrogen and oxygen atoms in total. The average molecular weight is 181 g/mol. The van der Waals surface area contributed by atoms with E-state index in [0.717, 1.165) is 25.9 Å². The number of aliphatic hydroxyl groups excluding tert-OH is 1. The minimum atomic E-state index is -0.0669.